The lowest BCUT2D eigenvalue weighted by Gasteiger charge is -2.43. The molecule has 2 heteroatoms. The summed E-state index contributed by atoms with van der Waals surface area (Å²) in [4.78, 5) is 2.66. The average molecular weight is 288 g/mol. The Hall–Kier alpha value is -0.860. The number of likely N-dealkylation sites (N-methyl/N-ethyl adjacent to an activating group) is 1. The molecule has 2 atom stereocenters. The lowest BCUT2D eigenvalue weighted by Crippen LogP contribution is -2.47. The van der Waals surface area contributed by atoms with E-state index in [1.54, 1.807) is 0 Å². The maximum atomic E-state index is 3.52. The number of nitrogens with one attached hydrogen (secondary N) is 1. The molecule has 0 amide bonds. The zero-order valence-electron chi connectivity index (χ0n) is 14.4. The van der Waals surface area contributed by atoms with Crippen LogP contribution in [0.5, 0.6) is 0 Å². The molecule has 0 spiro atoms. The summed E-state index contributed by atoms with van der Waals surface area (Å²) < 4.78 is 0. The first-order valence-corrected chi connectivity index (χ1v) is 8.39. The monoisotopic (exact) mass is 288 g/mol. The van der Waals surface area contributed by atoms with Gasteiger partial charge in [0.25, 0.3) is 0 Å². The van der Waals surface area contributed by atoms with Gasteiger partial charge in [0.05, 0.1) is 0 Å². The molecular formula is C19H32N2. The van der Waals surface area contributed by atoms with Crippen molar-refractivity contribution in [1.82, 2.24) is 10.2 Å². The highest BCUT2D eigenvalue weighted by Crippen LogP contribution is 2.35. The van der Waals surface area contributed by atoms with Crippen LogP contribution in [0.1, 0.15) is 52.1 Å². The van der Waals surface area contributed by atoms with Gasteiger partial charge in [-0.25, -0.2) is 0 Å². The smallest absolute Gasteiger partial charge is 0.0473 e. The van der Waals surface area contributed by atoms with Crippen LogP contribution in [0.25, 0.3) is 0 Å². The Kier molecular flexibility index (Phi) is 5.45. The third kappa shape index (κ3) is 4.08. The minimum Gasteiger partial charge on any atom is -0.312 e. The Balaban J connectivity index is 1.99. The van der Waals surface area contributed by atoms with Gasteiger partial charge in [0.15, 0.2) is 0 Å². The third-order valence-corrected chi connectivity index (χ3v) is 5.28. The average Bonchev–Trinajstić information content (AvgIpc) is 2.48. The Bertz CT molecular complexity index is 413. The highest BCUT2D eigenvalue weighted by molar-refractivity contribution is 5.20. The molecule has 21 heavy (non-hydrogen) atoms. The highest BCUT2D eigenvalue weighted by atomic mass is 15.2. The van der Waals surface area contributed by atoms with Gasteiger partial charge in [-0.15, -0.1) is 0 Å². The molecule has 2 rings (SSSR count). The fourth-order valence-corrected chi connectivity index (χ4v) is 3.73. The van der Waals surface area contributed by atoms with E-state index in [0.29, 0.717) is 17.5 Å². The summed E-state index contributed by atoms with van der Waals surface area (Å²) in [6.07, 6.45) is 2.66. The number of nitrogens with zero attached hydrogens (tertiary/aromatic N) is 1. The summed E-state index contributed by atoms with van der Waals surface area (Å²) in [6, 6.07) is 11.8. The summed E-state index contributed by atoms with van der Waals surface area (Å²) in [6.45, 7) is 12.0. The predicted molar refractivity (Wildman–Crippen MR) is 91.5 cm³/mol. The van der Waals surface area contributed by atoms with Crippen LogP contribution >= 0.6 is 0 Å². The van der Waals surface area contributed by atoms with Gasteiger partial charge in [0.1, 0.15) is 0 Å². The largest absolute Gasteiger partial charge is 0.312 e. The van der Waals surface area contributed by atoms with E-state index < -0.39 is 0 Å². The topological polar surface area (TPSA) is 15.3 Å². The van der Waals surface area contributed by atoms with Crippen LogP contribution < -0.4 is 5.32 Å². The quantitative estimate of drug-likeness (QED) is 0.897. The van der Waals surface area contributed by atoms with Gasteiger partial charge in [-0.3, -0.25) is 4.90 Å². The zero-order chi connectivity index (χ0) is 15.5. The summed E-state index contributed by atoms with van der Waals surface area (Å²) in [5, 5.41) is 3.52. The first kappa shape index (κ1) is 16.5. The lowest BCUT2D eigenvalue weighted by atomic mass is 9.75. The van der Waals surface area contributed by atoms with Gasteiger partial charge in [-0.05, 0) is 56.8 Å². The van der Waals surface area contributed by atoms with Gasteiger partial charge < -0.3 is 5.32 Å². The van der Waals surface area contributed by atoms with Gasteiger partial charge in [0.2, 0.25) is 0 Å². The van der Waals surface area contributed by atoms with Crippen molar-refractivity contribution in [2.75, 3.05) is 20.1 Å². The SMILES string of the molecule is CNC(c1ccccc1)C(C)N1CCC(C(C)(C)C)CC1. The summed E-state index contributed by atoms with van der Waals surface area (Å²) in [5.41, 5.74) is 1.85. The zero-order valence-corrected chi connectivity index (χ0v) is 14.4. The summed E-state index contributed by atoms with van der Waals surface area (Å²) in [7, 11) is 2.08. The fourth-order valence-electron chi connectivity index (χ4n) is 3.73. The van der Waals surface area contributed by atoms with Crippen molar-refractivity contribution >= 4 is 0 Å². The van der Waals surface area contributed by atoms with E-state index in [4.69, 9.17) is 0 Å². The van der Waals surface area contributed by atoms with E-state index in [0.717, 1.165) is 5.92 Å². The van der Waals surface area contributed by atoms with Gasteiger partial charge in [-0.2, -0.15) is 0 Å². The van der Waals surface area contributed by atoms with E-state index in [1.165, 1.54) is 31.5 Å². The minimum atomic E-state index is 0.414. The van der Waals surface area contributed by atoms with Gasteiger partial charge in [-0.1, -0.05) is 51.1 Å². The van der Waals surface area contributed by atoms with Crippen molar-refractivity contribution in [2.24, 2.45) is 11.3 Å². The molecule has 1 aliphatic heterocycles. The number of benzene rings is 1. The molecular weight excluding hydrogens is 256 g/mol. The number of likely N-dealkylation sites (tertiary alicyclic amines) is 1. The Morgan fingerprint density at radius 1 is 1.10 bits per heavy atom. The van der Waals surface area contributed by atoms with Crippen molar-refractivity contribution in [3.05, 3.63) is 35.9 Å². The van der Waals surface area contributed by atoms with Crippen LogP contribution in [0, 0.1) is 11.3 Å². The van der Waals surface area contributed by atoms with E-state index in [-0.39, 0.29) is 0 Å². The minimum absolute atomic E-state index is 0.414. The Morgan fingerprint density at radius 2 is 1.67 bits per heavy atom. The first-order valence-electron chi connectivity index (χ1n) is 8.39. The normalized spacial score (nSPS) is 21.2. The second-order valence-corrected chi connectivity index (χ2v) is 7.59. The van der Waals surface area contributed by atoms with Crippen molar-refractivity contribution < 1.29 is 0 Å². The van der Waals surface area contributed by atoms with Crippen LogP contribution in [-0.4, -0.2) is 31.1 Å². The maximum absolute atomic E-state index is 3.52. The molecule has 0 aliphatic carbocycles. The van der Waals surface area contributed by atoms with Crippen LogP contribution in [0.4, 0.5) is 0 Å². The third-order valence-electron chi connectivity index (χ3n) is 5.28. The van der Waals surface area contributed by atoms with Crippen molar-refractivity contribution in [1.29, 1.82) is 0 Å². The first-order chi connectivity index (χ1) is 9.93. The number of rotatable bonds is 4. The molecule has 0 saturated carbocycles. The predicted octanol–water partition coefficient (Wildman–Crippen LogP) is 4.09. The molecule has 1 aromatic rings. The summed E-state index contributed by atoms with van der Waals surface area (Å²) in [5.74, 6) is 0.866. The molecule has 1 fully saturated rings. The lowest BCUT2D eigenvalue weighted by molar-refractivity contribution is 0.0751. The van der Waals surface area contributed by atoms with Crippen molar-refractivity contribution in [3.8, 4) is 0 Å². The van der Waals surface area contributed by atoms with Gasteiger partial charge in [0, 0.05) is 12.1 Å². The molecule has 2 unspecified atom stereocenters. The second kappa shape index (κ2) is 6.93. The van der Waals surface area contributed by atoms with E-state index in [2.05, 4.69) is 75.3 Å². The summed E-state index contributed by atoms with van der Waals surface area (Å²) >= 11 is 0. The molecule has 0 bridgehead atoms. The van der Waals surface area contributed by atoms with Crippen LogP contribution in [0.15, 0.2) is 30.3 Å². The Labute approximate surface area is 130 Å². The van der Waals surface area contributed by atoms with E-state index in [9.17, 15) is 0 Å². The molecule has 1 N–H and O–H groups in total. The number of piperidine rings is 1. The van der Waals surface area contributed by atoms with Crippen molar-refractivity contribution in [3.63, 3.8) is 0 Å². The number of hydrogen-bond acceptors (Lipinski definition) is 2. The van der Waals surface area contributed by atoms with E-state index >= 15 is 0 Å². The maximum Gasteiger partial charge on any atom is 0.0473 e. The molecule has 1 saturated heterocycles. The van der Waals surface area contributed by atoms with Crippen LogP contribution in [0.2, 0.25) is 0 Å². The molecule has 1 aliphatic rings. The van der Waals surface area contributed by atoms with Crippen LogP contribution in [-0.2, 0) is 0 Å². The Morgan fingerprint density at radius 3 is 2.14 bits per heavy atom. The van der Waals surface area contributed by atoms with Crippen molar-refractivity contribution in [2.45, 2.75) is 52.6 Å². The fraction of sp³-hybridized carbons (Fsp3) is 0.684. The van der Waals surface area contributed by atoms with E-state index in [1.807, 2.05) is 0 Å². The highest BCUT2D eigenvalue weighted by Gasteiger charge is 2.32. The second-order valence-electron chi connectivity index (χ2n) is 7.59. The molecule has 1 heterocycles. The molecule has 118 valence electrons. The molecule has 1 aromatic carbocycles. The standard InChI is InChI=1S/C19H32N2/c1-15(18(20-5)16-9-7-6-8-10-16)21-13-11-17(12-14-21)19(2,3)4/h6-10,15,17-18,20H,11-14H2,1-5H3. The molecule has 0 radical (unpaired) electrons. The molecule has 2 nitrogen and oxygen atoms in total. The number of hydrogen-bond donors (Lipinski definition) is 1. The van der Waals surface area contributed by atoms with Gasteiger partial charge >= 0.3 is 0 Å². The molecule has 0 aromatic heterocycles. The van der Waals surface area contributed by atoms with Crippen LogP contribution in [0.3, 0.4) is 0 Å².